The highest BCUT2D eigenvalue weighted by Crippen LogP contribution is 2.50. The molecule has 6 saturated heterocycles. The first-order valence-electron chi connectivity index (χ1n) is 14.3. The van der Waals surface area contributed by atoms with E-state index in [-0.39, 0.29) is 0 Å². The predicted octanol–water partition coefficient (Wildman–Crippen LogP) is 2.34. The van der Waals surface area contributed by atoms with Gasteiger partial charge < -0.3 is 49.4 Å². The number of rotatable bonds is 4. The highest BCUT2D eigenvalue weighted by molar-refractivity contribution is 7.32. The Morgan fingerprint density at radius 3 is 0.625 bits per heavy atom. The van der Waals surface area contributed by atoms with Crippen LogP contribution in [0.1, 0.15) is 0 Å². The van der Waals surface area contributed by atoms with E-state index >= 15 is 0 Å². The summed E-state index contributed by atoms with van der Waals surface area (Å²) in [6.45, 7) is 0. The minimum atomic E-state index is -4.69. The molecule has 0 aromatic heterocycles. The maximum atomic E-state index is 7.27. The predicted molar refractivity (Wildman–Crippen MR) is 187 cm³/mol. The average Bonchev–Trinajstić information content (AvgIpc) is 3.02. The van der Waals surface area contributed by atoms with E-state index in [9.17, 15) is 0 Å². The van der Waals surface area contributed by atoms with Crippen molar-refractivity contribution < 1.29 is 49.4 Å². The summed E-state index contributed by atoms with van der Waals surface area (Å²) in [6.07, 6.45) is 0. The molecule has 48 heavy (non-hydrogen) atoms. The Morgan fingerprint density at radius 2 is 0.438 bits per heavy atom. The molecule has 0 aliphatic carbocycles. The second-order valence-corrected chi connectivity index (χ2v) is 36.8. The van der Waals surface area contributed by atoms with Crippen molar-refractivity contribution in [3.8, 4) is 0 Å². The normalized spacial score (nSPS) is 43.1. The molecule has 8 bridgehead atoms. The minimum Gasteiger partial charge on any atom is -0.366 e. The molecular weight excluding hydrogens is 847 g/mol. The second-order valence-electron chi connectivity index (χ2n) is 10.8. The van der Waals surface area contributed by atoms with Crippen LogP contribution in [-0.2, 0) is 49.4 Å². The molecule has 0 N–H and O–H groups in total. The molecule has 6 fully saturated rings. The number of hydrogen-bond acceptors (Lipinski definition) is 12. The molecule has 6 heterocycles. The van der Waals surface area contributed by atoms with E-state index in [2.05, 4.69) is 0 Å². The molecule has 4 aromatic rings. The van der Waals surface area contributed by atoms with Gasteiger partial charge in [0.25, 0.3) is 0 Å². The summed E-state index contributed by atoms with van der Waals surface area (Å²) >= 11 is 28.7. The lowest BCUT2D eigenvalue weighted by molar-refractivity contribution is 0.00549. The van der Waals surface area contributed by atoms with E-state index in [1.165, 1.54) is 0 Å². The van der Waals surface area contributed by atoms with Crippen molar-refractivity contribution in [1.29, 1.82) is 0 Å². The van der Waals surface area contributed by atoms with Crippen LogP contribution in [0.25, 0.3) is 0 Å². The third kappa shape index (κ3) is 5.48. The van der Waals surface area contributed by atoms with Gasteiger partial charge in [0.2, 0.25) is 0 Å². The Morgan fingerprint density at radius 1 is 0.250 bits per heavy atom. The van der Waals surface area contributed by atoms with Gasteiger partial charge in [-0.1, -0.05) is 166 Å². The molecule has 4 aromatic carbocycles. The van der Waals surface area contributed by atoms with Crippen LogP contribution in [0.5, 0.6) is 0 Å². The SMILES string of the molecule is Cl[Si]12O[Si]3(Cl)O[Si]4(Cl)O[Si](Cl)(O1)O[Si]1(c5ccccc5)O[Si](c5ccccc5)(O2)O[Si](c2ccccc2)(O3)O[Si](c2ccccc2)(O4)O1. The lowest BCUT2D eigenvalue weighted by Gasteiger charge is -2.59. The zero-order valence-corrected chi connectivity index (χ0v) is 35.0. The van der Waals surface area contributed by atoms with Crippen molar-refractivity contribution in [3.05, 3.63) is 121 Å². The summed E-state index contributed by atoms with van der Waals surface area (Å²) in [5.74, 6) is 0. The van der Waals surface area contributed by atoms with Gasteiger partial charge in [0.05, 0.1) is 0 Å². The van der Waals surface area contributed by atoms with Crippen molar-refractivity contribution in [2.24, 2.45) is 0 Å². The maximum absolute atomic E-state index is 7.27. The molecule has 0 atom stereocenters. The highest BCUT2D eigenvalue weighted by atomic mass is 35.6. The van der Waals surface area contributed by atoms with Gasteiger partial charge in [0.1, 0.15) is 0 Å². The van der Waals surface area contributed by atoms with Gasteiger partial charge in [-0.15, -0.1) is 0 Å². The minimum absolute atomic E-state index is 0.439. The Bertz CT molecular complexity index is 1580. The van der Waals surface area contributed by atoms with E-state index in [4.69, 9.17) is 93.7 Å². The summed E-state index contributed by atoms with van der Waals surface area (Å²) < 4.78 is 81.6. The Labute approximate surface area is 301 Å². The van der Waals surface area contributed by atoms with Gasteiger partial charge in [-0.05, 0) is 0 Å². The van der Waals surface area contributed by atoms with Crippen LogP contribution in [0.3, 0.4) is 0 Å². The van der Waals surface area contributed by atoms with Crippen molar-refractivity contribution in [1.82, 2.24) is 0 Å². The molecule has 0 spiro atoms. The van der Waals surface area contributed by atoms with E-state index in [1.807, 2.05) is 24.3 Å². The monoisotopic (exact) mass is 864 g/mol. The van der Waals surface area contributed by atoms with Gasteiger partial charge in [-0.2, -0.15) is 0 Å². The average molecular weight is 867 g/mol. The van der Waals surface area contributed by atoms with Crippen LogP contribution in [0.4, 0.5) is 0 Å². The van der Waals surface area contributed by atoms with Crippen LogP contribution in [0.15, 0.2) is 121 Å². The van der Waals surface area contributed by atoms with Crippen LogP contribution in [0.2, 0.25) is 0 Å². The smallest absolute Gasteiger partial charge is 0.366 e. The molecule has 0 amide bonds. The largest absolute Gasteiger partial charge is 0.592 e. The first-order chi connectivity index (χ1) is 22.9. The fraction of sp³-hybridized carbons (Fsp3) is 0. The number of benzene rings is 4. The van der Waals surface area contributed by atoms with Crippen molar-refractivity contribution in [2.75, 3.05) is 0 Å². The standard InChI is InChI=1S/C24H20Cl4O12Si8/c25-45-33-41(21-13-5-1-6-14-21)29-42(22-15-7-2-8-16-22)31-44(24-19-11-4-12-20-24)32-43(30-41,23-17-9-3-10-18-23)35-47(27,38-45)40-48(28,36-44)39-46(26,34-42)37-45/h1-20H. The van der Waals surface area contributed by atoms with Crippen LogP contribution in [0, 0.1) is 0 Å². The lowest BCUT2D eigenvalue weighted by atomic mass is 10.4. The van der Waals surface area contributed by atoms with Crippen molar-refractivity contribution >= 4 is 133 Å². The second kappa shape index (κ2) is 11.4. The Kier molecular flexibility index (Phi) is 7.87. The zero-order chi connectivity index (χ0) is 32.9. The summed E-state index contributed by atoms with van der Waals surface area (Å²) in [7, 11) is -37.0. The van der Waals surface area contributed by atoms with Gasteiger partial charge in [0, 0.05) is 20.7 Å². The third-order valence-electron chi connectivity index (χ3n) is 7.58. The highest BCUT2D eigenvalue weighted by Gasteiger charge is 2.85. The molecule has 6 aliphatic rings. The summed E-state index contributed by atoms with van der Waals surface area (Å²) in [6, 6.07) is 35.7. The van der Waals surface area contributed by atoms with Gasteiger partial charge in [0.15, 0.2) is 0 Å². The van der Waals surface area contributed by atoms with Crippen LogP contribution >= 0.6 is 44.3 Å². The van der Waals surface area contributed by atoms with Crippen LogP contribution in [-0.4, -0.2) is 67.7 Å². The first-order valence-corrected chi connectivity index (χ1v) is 32.1. The summed E-state index contributed by atoms with van der Waals surface area (Å²) in [5.41, 5.74) is 0. The Hall–Kier alpha value is -0.705. The summed E-state index contributed by atoms with van der Waals surface area (Å²) in [5, 5.41) is 1.76. The fourth-order valence-electron chi connectivity index (χ4n) is 5.71. The van der Waals surface area contributed by atoms with Gasteiger partial charge in [-0.25, -0.2) is 0 Å². The van der Waals surface area contributed by atoms with E-state index < -0.39 is 67.7 Å². The van der Waals surface area contributed by atoms with E-state index in [1.54, 1.807) is 97.1 Å². The molecule has 0 unspecified atom stereocenters. The molecule has 248 valence electrons. The molecule has 10 rings (SSSR count). The van der Waals surface area contributed by atoms with E-state index in [0.29, 0.717) is 20.7 Å². The fourth-order valence-corrected chi connectivity index (χ4v) is 54.6. The molecule has 6 aliphatic heterocycles. The van der Waals surface area contributed by atoms with Crippen molar-refractivity contribution in [3.63, 3.8) is 0 Å². The molecular formula is C24H20Cl4O12Si8. The molecule has 0 radical (unpaired) electrons. The van der Waals surface area contributed by atoms with Gasteiger partial charge in [-0.3, -0.25) is 0 Å². The lowest BCUT2D eigenvalue weighted by Crippen LogP contribution is -2.91. The first kappa shape index (κ1) is 33.2. The number of hydrogen-bond donors (Lipinski definition) is 0. The van der Waals surface area contributed by atoms with Gasteiger partial charge >= 0.3 is 67.7 Å². The summed E-state index contributed by atoms with van der Waals surface area (Å²) in [4.78, 5) is 0. The molecule has 0 saturated carbocycles. The Balaban J connectivity index is 1.43. The number of halogens is 4. The van der Waals surface area contributed by atoms with Crippen LogP contribution < -0.4 is 20.7 Å². The maximum Gasteiger partial charge on any atom is 0.592 e. The molecule has 12 nitrogen and oxygen atoms in total. The topological polar surface area (TPSA) is 111 Å². The molecule has 24 heteroatoms. The van der Waals surface area contributed by atoms with Crippen molar-refractivity contribution in [2.45, 2.75) is 0 Å². The zero-order valence-electron chi connectivity index (χ0n) is 24.0. The third-order valence-corrected chi connectivity index (χ3v) is 44.7. The quantitative estimate of drug-likeness (QED) is 0.222. The van der Waals surface area contributed by atoms with E-state index in [0.717, 1.165) is 0 Å².